The van der Waals surface area contributed by atoms with E-state index in [1.54, 1.807) is 7.11 Å². The van der Waals surface area contributed by atoms with Gasteiger partial charge in [-0.25, -0.2) is 0 Å². The van der Waals surface area contributed by atoms with E-state index in [9.17, 15) is 0 Å². The topological polar surface area (TPSA) is 33.3 Å². The van der Waals surface area contributed by atoms with Crippen LogP contribution in [0.2, 0.25) is 0 Å². The lowest BCUT2D eigenvalue weighted by Gasteiger charge is -2.12. The van der Waals surface area contributed by atoms with Crippen molar-refractivity contribution in [1.29, 1.82) is 0 Å². The maximum absolute atomic E-state index is 4.99. The molecule has 1 aliphatic heterocycles. The number of hydrogen-bond acceptors (Lipinski definition) is 4. The van der Waals surface area contributed by atoms with Gasteiger partial charge in [0.2, 0.25) is 0 Å². The maximum Gasteiger partial charge on any atom is 0.0587 e. The van der Waals surface area contributed by atoms with Crippen LogP contribution in [0.4, 0.5) is 0 Å². The second kappa shape index (κ2) is 8.59. The zero-order chi connectivity index (χ0) is 13.3. The molecule has 2 rings (SSSR count). The van der Waals surface area contributed by atoms with Crippen molar-refractivity contribution in [2.45, 2.75) is 17.2 Å². The largest absolute Gasteiger partial charge is 0.383 e. The van der Waals surface area contributed by atoms with Gasteiger partial charge in [0, 0.05) is 36.8 Å². The lowest BCUT2D eigenvalue weighted by molar-refractivity contribution is 0.199. The first-order valence-corrected chi connectivity index (χ1v) is 8.02. The van der Waals surface area contributed by atoms with Crippen molar-refractivity contribution in [1.82, 2.24) is 10.6 Å². The van der Waals surface area contributed by atoms with Gasteiger partial charge in [-0.15, -0.1) is 11.8 Å². The molecule has 1 aromatic rings. The maximum atomic E-state index is 4.99. The molecule has 19 heavy (non-hydrogen) atoms. The minimum Gasteiger partial charge on any atom is -0.383 e. The van der Waals surface area contributed by atoms with Gasteiger partial charge in [0.15, 0.2) is 0 Å². The summed E-state index contributed by atoms with van der Waals surface area (Å²) in [6.45, 7) is 4.99. The molecule has 1 heterocycles. The van der Waals surface area contributed by atoms with E-state index >= 15 is 0 Å². The standard InChI is InChI=1S/C15H24N2OS/c1-18-10-9-16-7-4-8-17-11-13-12-19-15-6-3-2-5-14(13)15/h2-3,5-6,13,16-17H,4,7-12H2,1H3. The van der Waals surface area contributed by atoms with Crippen LogP contribution in [0.5, 0.6) is 0 Å². The van der Waals surface area contributed by atoms with Gasteiger partial charge in [0.05, 0.1) is 6.61 Å². The Labute approximate surface area is 120 Å². The summed E-state index contributed by atoms with van der Waals surface area (Å²) in [5.41, 5.74) is 1.53. The highest BCUT2D eigenvalue weighted by Crippen LogP contribution is 2.38. The molecule has 0 saturated heterocycles. The molecule has 3 nitrogen and oxygen atoms in total. The molecule has 4 heteroatoms. The molecule has 0 radical (unpaired) electrons. The number of ether oxygens (including phenoxy) is 1. The fourth-order valence-corrected chi connectivity index (χ4v) is 3.57. The average molecular weight is 280 g/mol. The van der Waals surface area contributed by atoms with Crippen molar-refractivity contribution in [2.75, 3.05) is 45.6 Å². The Morgan fingerprint density at radius 3 is 2.95 bits per heavy atom. The van der Waals surface area contributed by atoms with Crippen LogP contribution in [-0.4, -0.2) is 45.6 Å². The second-order valence-electron chi connectivity index (χ2n) is 4.85. The Morgan fingerprint density at radius 1 is 1.21 bits per heavy atom. The predicted octanol–water partition coefficient (Wildman–Crippen LogP) is 2.09. The Bertz CT molecular complexity index is 373. The molecule has 1 aromatic carbocycles. The minimum absolute atomic E-state index is 0.683. The lowest BCUT2D eigenvalue weighted by atomic mass is 10.0. The minimum atomic E-state index is 0.683. The number of benzene rings is 1. The third-order valence-corrected chi connectivity index (χ3v) is 4.63. The molecule has 0 aromatic heterocycles. The van der Waals surface area contributed by atoms with Crippen molar-refractivity contribution >= 4 is 11.8 Å². The Hall–Kier alpha value is -0.550. The summed E-state index contributed by atoms with van der Waals surface area (Å²) in [7, 11) is 1.74. The number of hydrogen-bond donors (Lipinski definition) is 2. The van der Waals surface area contributed by atoms with Crippen molar-refractivity contribution < 1.29 is 4.74 Å². The molecule has 0 aliphatic carbocycles. The van der Waals surface area contributed by atoms with Gasteiger partial charge in [-0.2, -0.15) is 0 Å². The van der Waals surface area contributed by atoms with Crippen molar-refractivity contribution in [3.63, 3.8) is 0 Å². The summed E-state index contributed by atoms with van der Waals surface area (Å²) in [6.07, 6.45) is 1.17. The van der Waals surface area contributed by atoms with E-state index in [-0.39, 0.29) is 0 Å². The summed E-state index contributed by atoms with van der Waals surface area (Å²) in [5.74, 6) is 1.90. The lowest BCUT2D eigenvalue weighted by Crippen LogP contribution is -2.27. The van der Waals surface area contributed by atoms with E-state index in [4.69, 9.17) is 4.74 Å². The molecule has 1 atom stereocenters. The van der Waals surface area contributed by atoms with E-state index in [2.05, 4.69) is 34.9 Å². The molecule has 1 unspecified atom stereocenters. The van der Waals surface area contributed by atoms with E-state index in [0.29, 0.717) is 5.92 Å². The van der Waals surface area contributed by atoms with Crippen molar-refractivity contribution in [3.05, 3.63) is 29.8 Å². The highest BCUT2D eigenvalue weighted by molar-refractivity contribution is 7.99. The molecule has 0 spiro atoms. The Kier molecular flexibility index (Phi) is 6.71. The van der Waals surface area contributed by atoms with E-state index in [1.807, 2.05) is 11.8 Å². The molecule has 1 aliphatic rings. The monoisotopic (exact) mass is 280 g/mol. The number of nitrogens with one attached hydrogen (secondary N) is 2. The number of fused-ring (bicyclic) bond motifs is 1. The van der Waals surface area contributed by atoms with E-state index in [1.165, 1.54) is 22.6 Å². The molecule has 0 amide bonds. The fourth-order valence-electron chi connectivity index (χ4n) is 2.31. The third kappa shape index (κ3) is 4.80. The quantitative estimate of drug-likeness (QED) is 0.679. The smallest absolute Gasteiger partial charge is 0.0587 e. The van der Waals surface area contributed by atoms with Crippen LogP contribution in [0.1, 0.15) is 17.9 Å². The van der Waals surface area contributed by atoms with Gasteiger partial charge in [-0.3, -0.25) is 0 Å². The number of rotatable bonds is 9. The van der Waals surface area contributed by atoms with Gasteiger partial charge in [-0.05, 0) is 31.1 Å². The molecular formula is C15H24N2OS. The van der Waals surface area contributed by atoms with Gasteiger partial charge >= 0.3 is 0 Å². The zero-order valence-corrected chi connectivity index (χ0v) is 12.5. The zero-order valence-electron chi connectivity index (χ0n) is 11.7. The fraction of sp³-hybridized carbons (Fsp3) is 0.600. The van der Waals surface area contributed by atoms with Gasteiger partial charge in [-0.1, -0.05) is 18.2 Å². The average Bonchev–Trinajstić information content (AvgIpc) is 2.85. The van der Waals surface area contributed by atoms with E-state index < -0.39 is 0 Å². The number of thioether (sulfide) groups is 1. The van der Waals surface area contributed by atoms with E-state index in [0.717, 1.165) is 32.8 Å². The Morgan fingerprint density at radius 2 is 2.05 bits per heavy atom. The first kappa shape index (κ1) is 14.9. The summed E-state index contributed by atoms with van der Waals surface area (Å²) in [5, 5.41) is 6.94. The molecule has 2 N–H and O–H groups in total. The van der Waals surface area contributed by atoms with Crippen LogP contribution >= 0.6 is 11.8 Å². The SMILES string of the molecule is COCCNCCCNCC1CSc2ccccc21. The van der Waals surface area contributed by atoms with Gasteiger partial charge < -0.3 is 15.4 Å². The molecule has 0 fully saturated rings. The van der Waals surface area contributed by atoms with Crippen LogP contribution < -0.4 is 10.6 Å². The second-order valence-corrected chi connectivity index (χ2v) is 5.91. The summed E-state index contributed by atoms with van der Waals surface area (Å²) in [4.78, 5) is 1.47. The highest BCUT2D eigenvalue weighted by Gasteiger charge is 2.21. The normalized spacial score (nSPS) is 17.6. The third-order valence-electron chi connectivity index (χ3n) is 3.38. The summed E-state index contributed by atoms with van der Waals surface area (Å²) < 4.78 is 4.99. The Balaban J connectivity index is 1.55. The highest BCUT2D eigenvalue weighted by atomic mass is 32.2. The van der Waals surface area contributed by atoms with Crippen LogP contribution in [0.15, 0.2) is 29.2 Å². The summed E-state index contributed by atoms with van der Waals surface area (Å²) >= 11 is 1.99. The van der Waals surface area contributed by atoms with Gasteiger partial charge in [0.25, 0.3) is 0 Å². The number of methoxy groups -OCH3 is 1. The van der Waals surface area contributed by atoms with Crippen LogP contribution in [0, 0.1) is 0 Å². The first-order chi connectivity index (χ1) is 9.42. The van der Waals surface area contributed by atoms with Crippen molar-refractivity contribution in [2.24, 2.45) is 0 Å². The molecule has 0 bridgehead atoms. The molecule has 0 saturated carbocycles. The van der Waals surface area contributed by atoms with Gasteiger partial charge in [0.1, 0.15) is 0 Å². The summed E-state index contributed by atoms with van der Waals surface area (Å²) in [6, 6.07) is 8.79. The van der Waals surface area contributed by atoms with Crippen molar-refractivity contribution in [3.8, 4) is 0 Å². The first-order valence-electron chi connectivity index (χ1n) is 7.04. The van der Waals surface area contributed by atoms with Crippen LogP contribution in [0.25, 0.3) is 0 Å². The van der Waals surface area contributed by atoms with Crippen LogP contribution in [0.3, 0.4) is 0 Å². The predicted molar refractivity (Wildman–Crippen MR) is 82.1 cm³/mol. The van der Waals surface area contributed by atoms with Crippen LogP contribution in [-0.2, 0) is 4.74 Å². The molecular weight excluding hydrogens is 256 g/mol. The molecule has 106 valence electrons.